The number of nitrogens with zero attached hydrogens (tertiary/aromatic N) is 3. The molecule has 0 aliphatic carbocycles. The first-order valence-electron chi connectivity index (χ1n) is 10.2. The molecule has 1 atom stereocenters. The molecule has 1 fully saturated rings. The summed E-state index contributed by atoms with van der Waals surface area (Å²) in [5.41, 5.74) is 0. The number of aromatic nitrogens is 1. The number of nitrogens with one attached hydrogen (secondary N) is 2. The summed E-state index contributed by atoms with van der Waals surface area (Å²) in [6.45, 7) is 6.96. The Morgan fingerprint density at radius 2 is 2.28 bits per heavy atom. The van der Waals surface area contributed by atoms with Gasteiger partial charge in [-0.1, -0.05) is 6.07 Å². The third-order valence-corrected chi connectivity index (χ3v) is 4.67. The highest BCUT2D eigenvalue weighted by molar-refractivity contribution is 14.0. The van der Waals surface area contributed by atoms with E-state index in [1.807, 2.05) is 37.4 Å². The molecule has 2 aromatic rings. The highest BCUT2D eigenvalue weighted by atomic mass is 127. The van der Waals surface area contributed by atoms with Gasteiger partial charge >= 0.3 is 0 Å². The summed E-state index contributed by atoms with van der Waals surface area (Å²) in [5, 5.41) is 7.02. The molecular weight excluding hydrogens is 481 g/mol. The zero-order valence-corrected chi connectivity index (χ0v) is 19.4. The van der Waals surface area contributed by atoms with Crippen LogP contribution in [0.5, 0.6) is 0 Å². The van der Waals surface area contributed by atoms with E-state index in [4.69, 9.17) is 14.1 Å². The molecule has 1 saturated heterocycles. The summed E-state index contributed by atoms with van der Waals surface area (Å²) in [6, 6.07) is 10.3. The number of anilines is 1. The van der Waals surface area contributed by atoms with E-state index in [0.29, 0.717) is 6.04 Å². The Labute approximate surface area is 190 Å². The third-order valence-electron chi connectivity index (χ3n) is 4.67. The SMILES string of the molecule is CCOCCCN=C(NCCc1ccco1)NC1CCN(c2ccccn2)C1.I. The monoisotopic (exact) mass is 513 g/mol. The van der Waals surface area contributed by atoms with Gasteiger partial charge in [-0.3, -0.25) is 4.99 Å². The molecule has 2 aromatic heterocycles. The average molecular weight is 513 g/mol. The first-order valence-corrected chi connectivity index (χ1v) is 10.2. The lowest BCUT2D eigenvalue weighted by molar-refractivity contribution is 0.146. The number of rotatable bonds is 10. The van der Waals surface area contributed by atoms with E-state index in [-0.39, 0.29) is 24.0 Å². The minimum atomic E-state index is 0. The number of aliphatic imine (C=N–C) groups is 1. The maximum atomic E-state index is 5.41. The van der Waals surface area contributed by atoms with Crippen molar-refractivity contribution < 1.29 is 9.15 Å². The van der Waals surface area contributed by atoms with Crippen LogP contribution in [0.2, 0.25) is 0 Å². The minimum Gasteiger partial charge on any atom is -0.469 e. The smallest absolute Gasteiger partial charge is 0.191 e. The van der Waals surface area contributed by atoms with E-state index < -0.39 is 0 Å². The summed E-state index contributed by atoms with van der Waals surface area (Å²) in [7, 11) is 0. The number of hydrogen-bond donors (Lipinski definition) is 2. The first-order chi connectivity index (χ1) is 13.8. The molecule has 8 heteroatoms. The van der Waals surface area contributed by atoms with Gasteiger partial charge in [0.2, 0.25) is 0 Å². The van der Waals surface area contributed by atoms with Gasteiger partial charge in [0.15, 0.2) is 5.96 Å². The fourth-order valence-corrected chi connectivity index (χ4v) is 3.23. The van der Waals surface area contributed by atoms with Crippen molar-refractivity contribution in [2.45, 2.75) is 32.2 Å². The van der Waals surface area contributed by atoms with Crippen LogP contribution in [0, 0.1) is 0 Å². The average Bonchev–Trinajstić information content (AvgIpc) is 3.40. The second kappa shape index (κ2) is 13.4. The van der Waals surface area contributed by atoms with Gasteiger partial charge in [0, 0.05) is 58.1 Å². The molecule has 160 valence electrons. The van der Waals surface area contributed by atoms with Crippen molar-refractivity contribution in [1.29, 1.82) is 0 Å². The molecule has 1 aliphatic rings. The van der Waals surface area contributed by atoms with Gasteiger partial charge in [-0.15, -0.1) is 24.0 Å². The molecule has 2 N–H and O–H groups in total. The van der Waals surface area contributed by atoms with Gasteiger partial charge in [0.05, 0.1) is 6.26 Å². The highest BCUT2D eigenvalue weighted by Crippen LogP contribution is 2.17. The lowest BCUT2D eigenvalue weighted by Crippen LogP contribution is -2.45. The number of furan rings is 1. The lowest BCUT2D eigenvalue weighted by atomic mass is 10.3. The molecule has 29 heavy (non-hydrogen) atoms. The van der Waals surface area contributed by atoms with Crippen LogP contribution in [0.25, 0.3) is 0 Å². The molecule has 0 amide bonds. The van der Waals surface area contributed by atoms with Crippen LogP contribution >= 0.6 is 24.0 Å². The summed E-state index contributed by atoms with van der Waals surface area (Å²) >= 11 is 0. The molecule has 0 spiro atoms. The molecule has 0 bridgehead atoms. The number of pyridine rings is 1. The molecule has 0 saturated carbocycles. The summed E-state index contributed by atoms with van der Waals surface area (Å²) in [6.07, 6.45) is 6.37. The maximum absolute atomic E-state index is 5.41. The number of halogens is 1. The Morgan fingerprint density at radius 1 is 1.34 bits per heavy atom. The van der Waals surface area contributed by atoms with E-state index in [2.05, 4.69) is 26.6 Å². The maximum Gasteiger partial charge on any atom is 0.191 e. The summed E-state index contributed by atoms with van der Waals surface area (Å²) in [5.74, 6) is 2.87. The zero-order chi connectivity index (χ0) is 19.4. The van der Waals surface area contributed by atoms with Crippen molar-refractivity contribution in [3.63, 3.8) is 0 Å². The normalized spacial score (nSPS) is 16.5. The topological polar surface area (TPSA) is 74.9 Å². The zero-order valence-electron chi connectivity index (χ0n) is 17.0. The van der Waals surface area contributed by atoms with Crippen LogP contribution in [0.1, 0.15) is 25.5 Å². The fourth-order valence-electron chi connectivity index (χ4n) is 3.23. The Kier molecular flexibility index (Phi) is 10.9. The number of ether oxygens (including phenoxy) is 1. The molecule has 1 aliphatic heterocycles. The predicted molar refractivity (Wildman–Crippen MR) is 127 cm³/mol. The summed E-state index contributed by atoms with van der Waals surface area (Å²) in [4.78, 5) is 11.5. The number of guanidine groups is 1. The Morgan fingerprint density at radius 3 is 3.03 bits per heavy atom. The van der Waals surface area contributed by atoms with Crippen LogP contribution in [0.4, 0.5) is 5.82 Å². The van der Waals surface area contributed by atoms with Crippen molar-refractivity contribution in [2.24, 2.45) is 4.99 Å². The second-order valence-corrected chi connectivity index (χ2v) is 6.80. The van der Waals surface area contributed by atoms with Crippen LogP contribution in [0.3, 0.4) is 0 Å². The van der Waals surface area contributed by atoms with Gasteiger partial charge in [0.1, 0.15) is 11.6 Å². The van der Waals surface area contributed by atoms with E-state index in [0.717, 1.165) is 76.2 Å². The predicted octanol–water partition coefficient (Wildman–Crippen LogP) is 3.08. The first kappa shape index (κ1) is 23.5. The van der Waals surface area contributed by atoms with Crippen LogP contribution in [-0.4, -0.2) is 56.4 Å². The molecule has 1 unspecified atom stereocenters. The van der Waals surface area contributed by atoms with Gasteiger partial charge in [-0.25, -0.2) is 4.98 Å². The van der Waals surface area contributed by atoms with Crippen LogP contribution in [-0.2, 0) is 11.2 Å². The molecule has 3 heterocycles. The highest BCUT2D eigenvalue weighted by Gasteiger charge is 2.24. The molecular formula is C21H32IN5O2. The minimum absolute atomic E-state index is 0. The standard InChI is InChI=1S/C21H31N5O2.HI/c1-2-27-15-6-12-23-21(24-13-9-19-7-5-16-28-19)25-18-10-14-26(17-18)20-8-3-4-11-22-20;/h3-5,7-8,11,16,18H,2,6,9-10,12-15,17H2,1H3,(H2,23,24,25);1H. The van der Waals surface area contributed by atoms with E-state index >= 15 is 0 Å². The Balaban J connectivity index is 0.00000300. The van der Waals surface area contributed by atoms with Gasteiger partial charge in [-0.05, 0) is 44.0 Å². The molecule has 0 radical (unpaired) electrons. The lowest BCUT2D eigenvalue weighted by Gasteiger charge is -2.20. The molecule has 7 nitrogen and oxygen atoms in total. The van der Waals surface area contributed by atoms with Crippen molar-refractivity contribution in [1.82, 2.24) is 15.6 Å². The van der Waals surface area contributed by atoms with E-state index in [1.165, 1.54) is 0 Å². The largest absolute Gasteiger partial charge is 0.469 e. The quantitative estimate of drug-likeness (QED) is 0.220. The molecule has 3 rings (SSSR count). The van der Waals surface area contributed by atoms with Crippen LogP contribution < -0.4 is 15.5 Å². The Bertz CT molecular complexity index is 696. The fraction of sp³-hybridized carbons (Fsp3) is 0.524. The van der Waals surface area contributed by atoms with Crippen molar-refractivity contribution in [3.05, 3.63) is 48.6 Å². The van der Waals surface area contributed by atoms with Gasteiger partial charge < -0.3 is 24.7 Å². The van der Waals surface area contributed by atoms with Crippen molar-refractivity contribution in [3.8, 4) is 0 Å². The van der Waals surface area contributed by atoms with Crippen LogP contribution in [0.15, 0.2) is 52.2 Å². The van der Waals surface area contributed by atoms with Crippen molar-refractivity contribution in [2.75, 3.05) is 44.3 Å². The Hall–Kier alpha value is -1.81. The summed E-state index contributed by atoms with van der Waals surface area (Å²) < 4.78 is 10.8. The third kappa shape index (κ3) is 8.22. The van der Waals surface area contributed by atoms with Gasteiger partial charge in [0.25, 0.3) is 0 Å². The second-order valence-electron chi connectivity index (χ2n) is 6.80. The van der Waals surface area contributed by atoms with E-state index in [1.54, 1.807) is 6.26 Å². The van der Waals surface area contributed by atoms with E-state index in [9.17, 15) is 0 Å². The van der Waals surface area contributed by atoms with Crippen molar-refractivity contribution >= 4 is 35.8 Å². The van der Waals surface area contributed by atoms with Gasteiger partial charge in [-0.2, -0.15) is 0 Å². The molecule has 0 aromatic carbocycles. The number of hydrogen-bond acceptors (Lipinski definition) is 5.